The van der Waals surface area contributed by atoms with Crippen molar-refractivity contribution in [3.63, 3.8) is 0 Å². The van der Waals surface area contributed by atoms with Crippen molar-refractivity contribution in [1.82, 2.24) is 14.5 Å². The summed E-state index contributed by atoms with van der Waals surface area (Å²) in [6.45, 7) is 0. The maximum absolute atomic E-state index is 12.5. The molecule has 0 aliphatic rings. The SMILES string of the molecule is Cn1c(NC(=O)c2cnc(-c3ccccc3)s2)nc2cc(Cl)ccc21. The summed E-state index contributed by atoms with van der Waals surface area (Å²) in [5.74, 6) is 0.237. The number of fused-ring (bicyclic) bond motifs is 1. The van der Waals surface area contributed by atoms with E-state index in [1.165, 1.54) is 11.3 Å². The summed E-state index contributed by atoms with van der Waals surface area (Å²) in [6, 6.07) is 15.2. The third-order valence-electron chi connectivity index (χ3n) is 3.82. The Kier molecular flexibility index (Phi) is 3.99. The monoisotopic (exact) mass is 368 g/mol. The van der Waals surface area contributed by atoms with E-state index in [-0.39, 0.29) is 5.91 Å². The molecule has 0 saturated heterocycles. The fourth-order valence-corrected chi connectivity index (χ4v) is 3.52. The lowest BCUT2D eigenvalue weighted by molar-refractivity contribution is 0.102. The molecule has 0 radical (unpaired) electrons. The molecule has 124 valence electrons. The summed E-state index contributed by atoms with van der Waals surface area (Å²) in [6.07, 6.45) is 1.59. The Morgan fingerprint density at radius 2 is 2.00 bits per heavy atom. The van der Waals surface area contributed by atoms with Crippen molar-refractivity contribution in [1.29, 1.82) is 0 Å². The average molecular weight is 369 g/mol. The van der Waals surface area contributed by atoms with Crippen molar-refractivity contribution in [2.75, 3.05) is 5.32 Å². The van der Waals surface area contributed by atoms with E-state index in [9.17, 15) is 4.79 Å². The van der Waals surface area contributed by atoms with Crippen LogP contribution in [0, 0.1) is 0 Å². The molecule has 2 heterocycles. The molecule has 0 aliphatic carbocycles. The molecule has 1 N–H and O–H groups in total. The van der Waals surface area contributed by atoms with Crippen LogP contribution in [0.4, 0.5) is 5.95 Å². The number of imidazole rings is 1. The van der Waals surface area contributed by atoms with Crippen molar-refractivity contribution >= 4 is 45.8 Å². The molecule has 1 amide bonds. The fourth-order valence-electron chi connectivity index (χ4n) is 2.54. The minimum absolute atomic E-state index is 0.232. The first kappa shape index (κ1) is 15.8. The first-order valence-electron chi connectivity index (χ1n) is 7.56. The Labute approximate surface area is 152 Å². The zero-order valence-electron chi connectivity index (χ0n) is 13.2. The number of nitrogens with one attached hydrogen (secondary N) is 1. The fraction of sp³-hybridized carbons (Fsp3) is 0.0556. The highest BCUT2D eigenvalue weighted by atomic mass is 35.5. The van der Waals surface area contributed by atoms with E-state index in [0.717, 1.165) is 21.6 Å². The molecule has 4 rings (SSSR count). The molecule has 0 unspecified atom stereocenters. The molecule has 0 fully saturated rings. The Hall–Kier alpha value is -2.70. The quantitative estimate of drug-likeness (QED) is 0.574. The van der Waals surface area contributed by atoms with Gasteiger partial charge in [-0.3, -0.25) is 10.1 Å². The van der Waals surface area contributed by atoms with Gasteiger partial charge in [0.2, 0.25) is 5.95 Å². The van der Waals surface area contributed by atoms with Gasteiger partial charge < -0.3 is 4.57 Å². The number of amides is 1. The molecule has 5 nitrogen and oxygen atoms in total. The molecule has 2 aromatic carbocycles. The van der Waals surface area contributed by atoms with E-state index < -0.39 is 0 Å². The van der Waals surface area contributed by atoms with Gasteiger partial charge in [-0.2, -0.15) is 0 Å². The highest BCUT2D eigenvalue weighted by molar-refractivity contribution is 7.17. The van der Waals surface area contributed by atoms with Crippen LogP contribution in [0.25, 0.3) is 21.6 Å². The lowest BCUT2D eigenvalue weighted by Gasteiger charge is -2.03. The number of rotatable bonds is 3. The van der Waals surface area contributed by atoms with Gasteiger partial charge in [-0.15, -0.1) is 11.3 Å². The third kappa shape index (κ3) is 3.01. The van der Waals surface area contributed by atoms with E-state index in [0.29, 0.717) is 15.8 Å². The van der Waals surface area contributed by atoms with Crippen LogP contribution >= 0.6 is 22.9 Å². The maximum atomic E-state index is 12.5. The molecule has 0 aliphatic heterocycles. The number of carbonyl (C=O) groups excluding carboxylic acids is 1. The number of hydrogen-bond donors (Lipinski definition) is 1. The molecular formula is C18H13ClN4OS. The number of aryl methyl sites for hydroxylation is 1. The predicted molar refractivity (Wildman–Crippen MR) is 101 cm³/mol. The molecular weight excluding hydrogens is 356 g/mol. The number of aromatic nitrogens is 3. The van der Waals surface area contributed by atoms with E-state index >= 15 is 0 Å². The topological polar surface area (TPSA) is 59.8 Å². The first-order chi connectivity index (χ1) is 12.1. The summed E-state index contributed by atoms with van der Waals surface area (Å²) >= 11 is 7.35. The van der Waals surface area contributed by atoms with E-state index in [4.69, 9.17) is 11.6 Å². The molecule has 0 bridgehead atoms. The van der Waals surface area contributed by atoms with Crippen LogP contribution in [0.2, 0.25) is 5.02 Å². The number of hydrogen-bond acceptors (Lipinski definition) is 4. The summed E-state index contributed by atoms with van der Waals surface area (Å²) in [7, 11) is 1.85. The van der Waals surface area contributed by atoms with Crippen molar-refractivity contribution in [3.8, 4) is 10.6 Å². The minimum atomic E-state index is -0.232. The van der Waals surface area contributed by atoms with Crippen molar-refractivity contribution in [3.05, 3.63) is 64.6 Å². The lowest BCUT2D eigenvalue weighted by Crippen LogP contribution is -2.13. The molecule has 2 aromatic heterocycles. The second kappa shape index (κ2) is 6.31. The average Bonchev–Trinajstić information content (AvgIpc) is 3.22. The van der Waals surface area contributed by atoms with Crippen molar-refractivity contribution in [2.45, 2.75) is 0 Å². The van der Waals surface area contributed by atoms with Crippen molar-refractivity contribution < 1.29 is 4.79 Å². The Morgan fingerprint density at radius 1 is 1.20 bits per heavy atom. The van der Waals surface area contributed by atoms with Gasteiger partial charge in [0, 0.05) is 17.6 Å². The molecule has 25 heavy (non-hydrogen) atoms. The van der Waals surface area contributed by atoms with Crippen LogP contribution in [0.3, 0.4) is 0 Å². The second-order valence-corrected chi connectivity index (χ2v) is 6.94. The summed E-state index contributed by atoms with van der Waals surface area (Å²) in [5, 5.41) is 4.26. The number of thiazole rings is 1. The predicted octanol–water partition coefficient (Wildman–Crippen LogP) is 4.60. The van der Waals surface area contributed by atoms with Crippen LogP contribution in [0.15, 0.2) is 54.7 Å². The Balaban J connectivity index is 1.60. The number of halogens is 1. The zero-order valence-corrected chi connectivity index (χ0v) is 14.8. The van der Waals surface area contributed by atoms with Gasteiger partial charge in [-0.1, -0.05) is 41.9 Å². The standard InChI is InChI=1S/C18H13ClN4OS/c1-23-14-8-7-12(19)9-13(14)21-18(23)22-16(24)15-10-20-17(25-15)11-5-3-2-4-6-11/h2-10H,1H3,(H,21,22,24). The molecule has 4 aromatic rings. The molecule has 0 atom stereocenters. The van der Waals surface area contributed by atoms with E-state index in [1.807, 2.05) is 48.0 Å². The lowest BCUT2D eigenvalue weighted by atomic mass is 10.2. The van der Waals surface area contributed by atoms with Crippen LogP contribution in [-0.4, -0.2) is 20.4 Å². The number of carbonyl (C=O) groups is 1. The molecule has 7 heteroatoms. The van der Waals surface area contributed by atoms with Crippen LogP contribution in [-0.2, 0) is 7.05 Å². The largest absolute Gasteiger partial charge is 0.313 e. The number of benzene rings is 2. The first-order valence-corrected chi connectivity index (χ1v) is 8.76. The Bertz CT molecular complexity index is 1070. The Morgan fingerprint density at radius 3 is 2.80 bits per heavy atom. The number of nitrogens with zero attached hydrogens (tertiary/aromatic N) is 3. The molecule has 0 spiro atoms. The normalized spacial score (nSPS) is 11.0. The third-order valence-corrected chi connectivity index (χ3v) is 5.10. The smallest absolute Gasteiger partial charge is 0.269 e. The highest BCUT2D eigenvalue weighted by Crippen LogP contribution is 2.26. The second-order valence-electron chi connectivity index (χ2n) is 5.48. The van der Waals surface area contributed by atoms with E-state index in [1.54, 1.807) is 18.3 Å². The van der Waals surface area contributed by atoms with Crippen LogP contribution in [0.1, 0.15) is 9.67 Å². The van der Waals surface area contributed by atoms with Gasteiger partial charge in [0.15, 0.2) is 0 Å². The maximum Gasteiger partial charge on any atom is 0.269 e. The summed E-state index contributed by atoms with van der Waals surface area (Å²) < 4.78 is 1.82. The van der Waals surface area contributed by atoms with Crippen LogP contribution < -0.4 is 5.32 Å². The van der Waals surface area contributed by atoms with E-state index in [2.05, 4.69) is 15.3 Å². The van der Waals surface area contributed by atoms with Gasteiger partial charge in [0.1, 0.15) is 9.88 Å². The van der Waals surface area contributed by atoms with Gasteiger partial charge in [-0.25, -0.2) is 9.97 Å². The number of anilines is 1. The zero-order chi connectivity index (χ0) is 17.4. The summed E-state index contributed by atoms with van der Waals surface area (Å²) in [4.78, 5) is 21.8. The highest BCUT2D eigenvalue weighted by Gasteiger charge is 2.15. The summed E-state index contributed by atoms with van der Waals surface area (Å²) in [5.41, 5.74) is 2.62. The molecule has 0 saturated carbocycles. The van der Waals surface area contributed by atoms with Gasteiger partial charge in [0.05, 0.1) is 17.2 Å². The minimum Gasteiger partial charge on any atom is -0.313 e. The van der Waals surface area contributed by atoms with Gasteiger partial charge in [0.25, 0.3) is 5.91 Å². The van der Waals surface area contributed by atoms with Crippen LogP contribution in [0.5, 0.6) is 0 Å². The van der Waals surface area contributed by atoms with Gasteiger partial charge in [-0.05, 0) is 18.2 Å². The van der Waals surface area contributed by atoms with Gasteiger partial charge >= 0.3 is 0 Å². The van der Waals surface area contributed by atoms with Crippen molar-refractivity contribution in [2.24, 2.45) is 7.05 Å².